The van der Waals surface area contributed by atoms with Gasteiger partial charge in [-0.05, 0) is 37.5 Å². The summed E-state index contributed by atoms with van der Waals surface area (Å²) >= 11 is 0. The van der Waals surface area contributed by atoms with Gasteiger partial charge in [0.1, 0.15) is 0 Å². The molecule has 1 aliphatic rings. The predicted octanol–water partition coefficient (Wildman–Crippen LogP) is 2.84. The molecule has 0 heterocycles. The first-order chi connectivity index (χ1) is 8.43. The molecule has 3 unspecified atom stereocenters. The first kappa shape index (κ1) is 15.9. The fourth-order valence-corrected chi connectivity index (χ4v) is 3.22. The van der Waals surface area contributed by atoms with E-state index in [2.05, 4.69) is 33.0 Å². The molecule has 0 aromatic heterocycles. The molecule has 0 bridgehead atoms. The van der Waals surface area contributed by atoms with Crippen molar-refractivity contribution in [3.8, 4) is 0 Å². The van der Waals surface area contributed by atoms with Crippen molar-refractivity contribution < 1.29 is 9.47 Å². The zero-order valence-corrected chi connectivity index (χ0v) is 12.8. The third-order valence-electron chi connectivity index (χ3n) is 3.69. The molecule has 3 heteroatoms. The largest absolute Gasteiger partial charge is 0.383 e. The highest BCUT2D eigenvalue weighted by molar-refractivity contribution is 4.84. The lowest BCUT2D eigenvalue weighted by Crippen LogP contribution is -2.37. The van der Waals surface area contributed by atoms with E-state index in [1.54, 1.807) is 7.11 Å². The Labute approximate surface area is 113 Å². The summed E-state index contributed by atoms with van der Waals surface area (Å²) in [6.07, 6.45) is 4.45. The third kappa shape index (κ3) is 6.17. The Balaban J connectivity index is 2.24. The standard InChI is InChI=1S/C15H31NO2/c1-12-8-14(10-15(3,4)9-12)18-13(2)11-16-6-7-17-5/h12-14,16H,6-11H2,1-5H3. The molecule has 1 saturated carbocycles. The minimum Gasteiger partial charge on any atom is -0.383 e. The molecule has 1 N–H and O–H groups in total. The molecular formula is C15H31NO2. The summed E-state index contributed by atoms with van der Waals surface area (Å²) in [6.45, 7) is 11.8. The second-order valence-electron chi connectivity index (χ2n) is 6.68. The Morgan fingerprint density at radius 3 is 2.67 bits per heavy atom. The SMILES string of the molecule is COCCNCC(C)OC1CC(C)CC(C)(C)C1. The molecule has 0 aromatic rings. The predicted molar refractivity (Wildman–Crippen MR) is 75.9 cm³/mol. The van der Waals surface area contributed by atoms with E-state index in [-0.39, 0.29) is 6.10 Å². The van der Waals surface area contributed by atoms with Gasteiger partial charge in [-0.3, -0.25) is 0 Å². The molecule has 1 rings (SSSR count). The van der Waals surface area contributed by atoms with Crippen molar-refractivity contribution in [1.29, 1.82) is 0 Å². The van der Waals surface area contributed by atoms with E-state index in [1.807, 2.05) is 0 Å². The van der Waals surface area contributed by atoms with Gasteiger partial charge in [-0.25, -0.2) is 0 Å². The summed E-state index contributed by atoms with van der Waals surface area (Å²) in [5.74, 6) is 0.785. The Kier molecular flexibility index (Phi) is 6.61. The first-order valence-electron chi connectivity index (χ1n) is 7.28. The molecule has 0 spiro atoms. The molecule has 0 aliphatic heterocycles. The maximum atomic E-state index is 6.17. The fraction of sp³-hybridized carbons (Fsp3) is 1.00. The van der Waals surface area contributed by atoms with Gasteiger partial charge < -0.3 is 14.8 Å². The Morgan fingerprint density at radius 2 is 2.06 bits per heavy atom. The lowest BCUT2D eigenvalue weighted by atomic mass is 9.71. The fourth-order valence-electron chi connectivity index (χ4n) is 3.22. The van der Waals surface area contributed by atoms with Gasteiger partial charge >= 0.3 is 0 Å². The van der Waals surface area contributed by atoms with Crippen molar-refractivity contribution in [2.24, 2.45) is 11.3 Å². The van der Waals surface area contributed by atoms with Crippen LogP contribution in [0.3, 0.4) is 0 Å². The Morgan fingerprint density at radius 1 is 1.33 bits per heavy atom. The first-order valence-corrected chi connectivity index (χ1v) is 7.28. The van der Waals surface area contributed by atoms with Crippen LogP contribution in [0.25, 0.3) is 0 Å². The average molecular weight is 257 g/mol. The van der Waals surface area contributed by atoms with Gasteiger partial charge in [-0.15, -0.1) is 0 Å². The van der Waals surface area contributed by atoms with Crippen LogP contribution in [-0.2, 0) is 9.47 Å². The topological polar surface area (TPSA) is 30.5 Å². The van der Waals surface area contributed by atoms with Crippen molar-refractivity contribution in [3.05, 3.63) is 0 Å². The summed E-state index contributed by atoms with van der Waals surface area (Å²) in [4.78, 5) is 0. The number of hydrogen-bond acceptors (Lipinski definition) is 3. The van der Waals surface area contributed by atoms with Crippen LogP contribution in [0.5, 0.6) is 0 Å². The summed E-state index contributed by atoms with van der Waals surface area (Å²) in [7, 11) is 1.73. The molecule has 0 aromatic carbocycles. The lowest BCUT2D eigenvalue weighted by Gasteiger charge is -2.39. The quantitative estimate of drug-likeness (QED) is 0.711. The Bertz CT molecular complexity index is 231. The van der Waals surface area contributed by atoms with E-state index in [0.717, 1.165) is 25.6 Å². The summed E-state index contributed by atoms with van der Waals surface area (Å²) in [5, 5.41) is 3.36. The minimum absolute atomic E-state index is 0.285. The molecule has 3 atom stereocenters. The monoisotopic (exact) mass is 257 g/mol. The highest BCUT2D eigenvalue weighted by Crippen LogP contribution is 2.39. The smallest absolute Gasteiger partial charge is 0.0675 e. The van der Waals surface area contributed by atoms with Gasteiger partial charge in [0.15, 0.2) is 0 Å². The van der Waals surface area contributed by atoms with Gasteiger partial charge in [0.05, 0.1) is 18.8 Å². The minimum atomic E-state index is 0.285. The van der Waals surface area contributed by atoms with Gasteiger partial charge in [0, 0.05) is 20.2 Å². The number of methoxy groups -OCH3 is 1. The normalized spacial score (nSPS) is 29.2. The van der Waals surface area contributed by atoms with E-state index in [0.29, 0.717) is 11.5 Å². The highest BCUT2D eigenvalue weighted by atomic mass is 16.5. The van der Waals surface area contributed by atoms with Crippen LogP contribution in [0.1, 0.15) is 47.0 Å². The summed E-state index contributed by atoms with van der Waals surface area (Å²) in [6, 6.07) is 0. The van der Waals surface area contributed by atoms with Gasteiger partial charge in [-0.1, -0.05) is 20.8 Å². The second kappa shape index (κ2) is 7.46. The van der Waals surface area contributed by atoms with E-state index in [9.17, 15) is 0 Å². The zero-order chi connectivity index (χ0) is 13.6. The average Bonchev–Trinajstić information content (AvgIpc) is 2.21. The van der Waals surface area contributed by atoms with Crippen LogP contribution in [0, 0.1) is 11.3 Å². The zero-order valence-electron chi connectivity index (χ0n) is 12.8. The number of nitrogens with one attached hydrogen (secondary N) is 1. The maximum absolute atomic E-state index is 6.17. The van der Waals surface area contributed by atoms with Crippen molar-refractivity contribution in [1.82, 2.24) is 5.32 Å². The van der Waals surface area contributed by atoms with Crippen LogP contribution in [0.2, 0.25) is 0 Å². The third-order valence-corrected chi connectivity index (χ3v) is 3.69. The number of hydrogen-bond donors (Lipinski definition) is 1. The lowest BCUT2D eigenvalue weighted by molar-refractivity contribution is -0.0577. The van der Waals surface area contributed by atoms with E-state index >= 15 is 0 Å². The number of ether oxygens (including phenoxy) is 2. The molecule has 0 radical (unpaired) electrons. The number of rotatable bonds is 7. The molecule has 108 valence electrons. The van der Waals surface area contributed by atoms with Gasteiger partial charge in [0.25, 0.3) is 0 Å². The highest BCUT2D eigenvalue weighted by Gasteiger charge is 2.33. The van der Waals surface area contributed by atoms with Crippen molar-refractivity contribution in [2.45, 2.75) is 59.2 Å². The molecule has 1 aliphatic carbocycles. The van der Waals surface area contributed by atoms with Crippen molar-refractivity contribution in [3.63, 3.8) is 0 Å². The van der Waals surface area contributed by atoms with Crippen molar-refractivity contribution >= 4 is 0 Å². The van der Waals surface area contributed by atoms with E-state index < -0.39 is 0 Å². The molecular weight excluding hydrogens is 226 g/mol. The van der Waals surface area contributed by atoms with Crippen LogP contribution in [0.15, 0.2) is 0 Å². The Hall–Kier alpha value is -0.120. The van der Waals surface area contributed by atoms with E-state index in [1.165, 1.54) is 19.3 Å². The molecule has 1 fully saturated rings. The van der Waals surface area contributed by atoms with Crippen LogP contribution in [-0.4, -0.2) is 39.0 Å². The van der Waals surface area contributed by atoms with Crippen LogP contribution in [0.4, 0.5) is 0 Å². The summed E-state index contributed by atoms with van der Waals surface area (Å²) < 4.78 is 11.2. The molecule has 18 heavy (non-hydrogen) atoms. The van der Waals surface area contributed by atoms with E-state index in [4.69, 9.17) is 9.47 Å². The van der Waals surface area contributed by atoms with Crippen LogP contribution >= 0.6 is 0 Å². The van der Waals surface area contributed by atoms with Crippen LogP contribution < -0.4 is 5.32 Å². The summed E-state index contributed by atoms with van der Waals surface area (Å²) in [5.41, 5.74) is 0.436. The molecule has 0 amide bonds. The molecule has 0 saturated heterocycles. The van der Waals surface area contributed by atoms with Gasteiger partial charge in [0.2, 0.25) is 0 Å². The maximum Gasteiger partial charge on any atom is 0.0675 e. The van der Waals surface area contributed by atoms with Crippen molar-refractivity contribution in [2.75, 3.05) is 26.8 Å². The van der Waals surface area contributed by atoms with Gasteiger partial charge in [-0.2, -0.15) is 0 Å². The second-order valence-corrected chi connectivity index (χ2v) is 6.68. The molecule has 3 nitrogen and oxygen atoms in total.